The normalized spacial score (nSPS) is 18.2. The number of hydrogen-bond acceptors (Lipinski definition) is 2. The lowest BCUT2D eigenvalue weighted by atomic mass is 10.2. The van der Waals surface area contributed by atoms with Crippen LogP contribution in [0.2, 0.25) is 0 Å². The van der Waals surface area contributed by atoms with Crippen LogP contribution in [0.1, 0.15) is 37.5 Å². The maximum absolute atomic E-state index is 4.35. The van der Waals surface area contributed by atoms with E-state index in [0.717, 1.165) is 6.54 Å². The minimum absolute atomic E-state index is 0.714. The van der Waals surface area contributed by atoms with Gasteiger partial charge in [-0.25, -0.2) is 4.98 Å². The molecule has 1 aliphatic rings. The van der Waals surface area contributed by atoms with Crippen molar-refractivity contribution < 1.29 is 0 Å². The first-order valence-electron chi connectivity index (χ1n) is 5.08. The van der Waals surface area contributed by atoms with Crippen molar-refractivity contribution in [1.82, 2.24) is 14.9 Å². The van der Waals surface area contributed by atoms with E-state index in [0.29, 0.717) is 6.04 Å². The number of rotatable bonds is 3. The fraction of sp³-hybridized carbons (Fsp3) is 0.700. The van der Waals surface area contributed by atoms with Crippen LogP contribution in [0.25, 0.3) is 0 Å². The summed E-state index contributed by atoms with van der Waals surface area (Å²) in [6.07, 6.45) is 9.43. The zero-order chi connectivity index (χ0) is 9.10. The van der Waals surface area contributed by atoms with E-state index in [2.05, 4.69) is 21.1 Å². The Kier molecular flexibility index (Phi) is 2.64. The van der Waals surface area contributed by atoms with Crippen LogP contribution >= 0.6 is 0 Å². The Morgan fingerprint density at radius 3 is 3.00 bits per heavy atom. The number of hydrogen-bond donors (Lipinski definition) is 1. The maximum Gasteiger partial charge on any atom is 0.122 e. The molecule has 0 unspecified atom stereocenters. The van der Waals surface area contributed by atoms with Gasteiger partial charge in [-0.05, 0) is 19.9 Å². The third-order valence-electron chi connectivity index (χ3n) is 2.80. The van der Waals surface area contributed by atoms with Gasteiger partial charge in [-0.1, -0.05) is 12.8 Å². The Morgan fingerprint density at radius 1 is 1.54 bits per heavy atom. The number of nitrogens with one attached hydrogen (secondary N) is 1. The minimum atomic E-state index is 0.714. The van der Waals surface area contributed by atoms with Gasteiger partial charge >= 0.3 is 0 Å². The fourth-order valence-corrected chi connectivity index (χ4v) is 2.15. The van der Waals surface area contributed by atoms with Gasteiger partial charge in [0.15, 0.2) is 0 Å². The summed E-state index contributed by atoms with van der Waals surface area (Å²) in [6.45, 7) is 0.878. The molecule has 0 amide bonds. The van der Waals surface area contributed by atoms with Crippen molar-refractivity contribution in [3.05, 3.63) is 18.2 Å². The second-order valence-corrected chi connectivity index (χ2v) is 3.72. The standard InChI is InChI=1S/C10H17N3/c1-11-8-10-12-6-7-13(10)9-4-2-3-5-9/h6-7,9,11H,2-5,8H2,1H3. The Labute approximate surface area is 79.2 Å². The molecule has 0 saturated heterocycles. The molecule has 2 rings (SSSR count). The predicted octanol–water partition coefficient (Wildman–Crippen LogP) is 1.72. The van der Waals surface area contributed by atoms with E-state index < -0.39 is 0 Å². The summed E-state index contributed by atoms with van der Waals surface area (Å²) in [5.74, 6) is 1.18. The van der Waals surface area contributed by atoms with Crippen molar-refractivity contribution in [3.8, 4) is 0 Å². The molecule has 1 saturated carbocycles. The van der Waals surface area contributed by atoms with Gasteiger partial charge in [-0.3, -0.25) is 0 Å². The molecule has 0 aromatic carbocycles. The van der Waals surface area contributed by atoms with Gasteiger partial charge in [0.2, 0.25) is 0 Å². The van der Waals surface area contributed by atoms with Crippen LogP contribution in [0.5, 0.6) is 0 Å². The van der Waals surface area contributed by atoms with Crippen molar-refractivity contribution in [1.29, 1.82) is 0 Å². The number of imidazole rings is 1. The molecule has 0 atom stereocenters. The summed E-state index contributed by atoms with van der Waals surface area (Å²) >= 11 is 0. The Balaban J connectivity index is 2.13. The van der Waals surface area contributed by atoms with Gasteiger partial charge in [-0.2, -0.15) is 0 Å². The molecule has 1 heterocycles. The van der Waals surface area contributed by atoms with Gasteiger partial charge < -0.3 is 9.88 Å². The zero-order valence-corrected chi connectivity index (χ0v) is 8.16. The van der Waals surface area contributed by atoms with Crippen molar-refractivity contribution in [2.75, 3.05) is 7.05 Å². The topological polar surface area (TPSA) is 29.9 Å². The largest absolute Gasteiger partial charge is 0.331 e. The highest BCUT2D eigenvalue weighted by Crippen LogP contribution is 2.29. The first-order valence-corrected chi connectivity index (χ1v) is 5.08. The molecule has 0 bridgehead atoms. The van der Waals surface area contributed by atoms with Crippen molar-refractivity contribution in [2.45, 2.75) is 38.3 Å². The minimum Gasteiger partial charge on any atom is -0.331 e. The zero-order valence-electron chi connectivity index (χ0n) is 8.16. The van der Waals surface area contributed by atoms with E-state index in [9.17, 15) is 0 Å². The smallest absolute Gasteiger partial charge is 0.122 e. The van der Waals surface area contributed by atoms with Crippen LogP contribution in [0.3, 0.4) is 0 Å². The second-order valence-electron chi connectivity index (χ2n) is 3.72. The molecule has 1 aliphatic carbocycles. The monoisotopic (exact) mass is 179 g/mol. The van der Waals surface area contributed by atoms with Crippen LogP contribution in [-0.2, 0) is 6.54 Å². The van der Waals surface area contributed by atoms with Crippen molar-refractivity contribution in [3.63, 3.8) is 0 Å². The van der Waals surface area contributed by atoms with E-state index >= 15 is 0 Å². The highest BCUT2D eigenvalue weighted by atomic mass is 15.1. The first-order chi connectivity index (χ1) is 6.42. The molecular weight excluding hydrogens is 162 g/mol. The molecule has 0 aliphatic heterocycles. The molecule has 72 valence electrons. The molecule has 1 fully saturated rings. The molecule has 13 heavy (non-hydrogen) atoms. The maximum atomic E-state index is 4.35. The predicted molar refractivity (Wildman–Crippen MR) is 52.5 cm³/mol. The fourth-order valence-electron chi connectivity index (χ4n) is 2.15. The van der Waals surface area contributed by atoms with Gasteiger partial charge in [-0.15, -0.1) is 0 Å². The highest BCUT2D eigenvalue weighted by molar-refractivity contribution is 4.96. The summed E-state index contributed by atoms with van der Waals surface area (Å²) in [6, 6.07) is 0.714. The number of nitrogens with zero attached hydrogens (tertiary/aromatic N) is 2. The summed E-state index contributed by atoms with van der Waals surface area (Å²) < 4.78 is 2.34. The van der Waals surface area contributed by atoms with Crippen LogP contribution in [-0.4, -0.2) is 16.6 Å². The summed E-state index contributed by atoms with van der Waals surface area (Å²) in [5.41, 5.74) is 0. The summed E-state index contributed by atoms with van der Waals surface area (Å²) in [7, 11) is 1.97. The average Bonchev–Trinajstić information content (AvgIpc) is 2.71. The SMILES string of the molecule is CNCc1nccn1C1CCCC1. The van der Waals surface area contributed by atoms with Crippen molar-refractivity contribution >= 4 is 0 Å². The quantitative estimate of drug-likeness (QED) is 0.765. The third-order valence-corrected chi connectivity index (χ3v) is 2.80. The Morgan fingerprint density at radius 2 is 2.31 bits per heavy atom. The molecule has 3 nitrogen and oxygen atoms in total. The molecule has 0 spiro atoms. The molecular formula is C10H17N3. The Bertz CT molecular complexity index is 261. The van der Waals surface area contributed by atoms with Gasteiger partial charge in [0, 0.05) is 18.4 Å². The van der Waals surface area contributed by atoms with Gasteiger partial charge in [0.1, 0.15) is 5.82 Å². The molecule has 1 aromatic heterocycles. The summed E-state index contributed by atoms with van der Waals surface area (Å²) in [5, 5.41) is 3.15. The third kappa shape index (κ3) is 1.75. The van der Waals surface area contributed by atoms with Crippen LogP contribution in [0.15, 0.2) is 12.4 Å². The molecule has 3 heteroatoms. The first kappa shape index (κ1) is 8.75. The lowest BCUT2D eigenvalue weighted by Crippen LogP contribution is -2.14. The van der Waals surface area contributed by atoms with E-state index in [1.807, 2.05) is 13.2 Å². The van der Waals surface area contributed by atoms with Crippen molar-refractivity contribution in [2.24, 2.45) is 0 Å². The van der Waals surface area contributed by atoms with Crippen LogP contribution in [0, 0.1) is 0 Å². The van der Waals surface area contributed by atoms with E-state index in [4.69, 9.17) is 0 Å². The summed E-state index contributed by atoms with van der Waals surface area (Å²) in [4.78, 5) is 4.35. The van der Waals surface area contributed by atoms with Gasteiger partial charge in [0.05, 0.1) is 6.54 Å². The number of aromatic nitrogens is 2. The molecule has 1 aromatic rings. The molecule has 1 N–H and O–H groups in total. The van der Waals surface area contributed by atoms with Crippen LogP contribution in [0.4, 0.5) is 0 Å². The average molecular weight is 179 g/mol. The van der Waals surface area contributed by atoms with E-state index in [1.165, 1.54) is 31.5 Å². The highest BCUT2D eigenvalue weighted by Gasteiger charge is 2.18. The lowest BCUT2D eigenvalue weighted by molar-refractivity contribution is 0.490. The van der Waals surface area contributed by atoms with E-state index in [1.54, 1.807) is 0 Å². The van der Waals surface area contributed by atoms with E-state index in [-0.39, 0.29) is 0 Å². The second kappa shape index (κ2) is 3.92. The Hall–Kier alpha value is -0.830. The molecule has 0 radical (unpaired) electrons. The van der Waals surface area contributed by atoms with Gasteiger partial charge in [0.25, 0.3) is 0 Å². The lowest BCUT2D eigenvalue weighted by Gasteiger charge is -2.14. The van der Waals surface area contributed by atoms with Crippen LogP contribution < -0.4 is 5.32 Å².